The molecule has 1 aromatic heterocycles. The van der Waals surface area contributed by atoms with E-state index >= 15 is 0 Å². The van der Waals surface area contributed by atoms with Crippen molar-refractivity contribution in [2.24, 2.45) is 0 Å². The number of carbonyl (C=O) groups excluding carboxylic acids is 2. The van der Waals surface area contributed by atoms with Gasteiger partial charge in [0.1, 0.15) is 18.0 Å². The van der Waals surface area contributed by atoms with Gasteiger partial charge in [-0.3, -0.25) is 13.7 Å². The molecule has 0 N–H and O–H groups in total. The van der Waals surface area contributed by atoms with Crippen LogP contribution >= 0.6 is 0 Å². The lowest BCUT2D eigenvalue weighted by Crippen LogP contribution is -2.36. The molecular weight excluding hydrogens is 456 g/mol. The number of anilines is 1. The number of benzene rings is 3. The minimum atomic E-state index is -3.79. The number of aromatic nitrogens is 1. The van der Waals surface area contributed by atoms with E-state index in [2.05, 4.69) is 0 Å². The lowest BCUT2D eigenvalue weighted by atomic mass is 10.2. The fraction of sp³-hybridized carbons (Fsp3) is 0.120. The van der Waals surface area contributed by atoms with Gasteiger partial charge in [0, 0.05) is 11.6 Å². The van der Waals surface area contributed by atoms with Crippen LogP contribution in [0.25, 0.3) is 10.9 Å². The predicted molar refractivity (Wildman–Crippen MR) is 129 cm³/mol. The van der Waals surface area contributed by atoms with Crippen LogP contribution in [-0.4, -0.2) is 44.8 Å². The van der Waals surface area contributed by atoms with Gasteiger partial charge in [0.25, 0.3) is 5.91 Å². The number of rotatable bonds is 7. The largest absolute Gasteiger partial charge is 0.465 e. The van der Waals surface area contributed by atoms with Gasteiger partial charge in [0.15, 0.2) is 0 Å². The molecule has 34 heavy (non-hydrogen) atoms. The van der Waals surface area contributed by atoms with E-state index in [1.54, 1.807) is 60.7 Å². The van der Waals surface area contributed by atoms with Crippen LogP contribution in [0.1, 0.15) is 15.2 Å². The number of methoxy groups -OCH3 is 1. The van der Waals surface area contributed by atoms with Crippen LogP contribution in [-0.2, 0) is 14.8 Å². The highest BCUT2D eigenvalue weighted by atomic mass is 32.2. The normalized spacial score (nSPS) is 11.2. The Balaban J connectivity index is 1.63. The molecule has 0 aliphatic carbocycles. The maximum absolute atomic E-state index is 13.2. The Labute approximate surface area is 197 Å². The molecule has 0 bridgehead atoms. The van der Waals surface area contributed by atoms with Gasteiger partial charge >= 0.3 is 5.97 Å². The third kappa shape index (κ3) is 4.79. The highest BCUT2D eigenvalue weighted by Gasteiger charge is 2.24. The molecule has 4 rings (SSSR count). The maximum atomic E-state index is 13.2. The van der Waals surface area contributed by atoms with Crippen molar-refractivity contribution in [2.45, 2.75) is 0 Å². The summed E-state index contributed by atoms with van der Waals surface area (Å²) >= 11 is 0. The van der Waals surface area contributed by atoms with E-state index in [0.29, 0.717) is 28.1 Å². The van der Waals surface area contributed by atoms with Gasteiger partial charge in [-0.15, -0.1) is 0 Å². The molecule has 0 aliphatic rings. The highest BCUT2D eigenvalue weighted by molar-refractivity contribution is 7.92. The van der Waals surface area contributed by atoms with Crippen molar-refractivity contribution in [3.63, 3.8) is 0 Å². The first-order chi connectivity index (χ1) is 16.3. The van der Waals surface area contributed by atoms with Gasteiger partial charge in [-0.25, -0.2) is 13.2 Å². The lowest BCUT2D eigenvalue weighted by molar-refractivity contribution is 0.0603. The Morgan fingerprint density at radius 3 is 2.15 bits per heavy atom. The number of ether oxygens (including phenoxy) is 2. The molecule has 0 atom stereocenters. The fourth-order valence-electron chi connectivity index (χ4n) is 3.56. The number of esters is 1. The zero-order chi connectivity index (χ0) is 24.3. The zero-order valence-electron chi connectivity index (χ0n) is 18.5. The Bertz CT molecular complexity index is 1440. The first-order valence-corrected chi connectivity index (χ1v) is 12.1. The van der Waals surface area contributed by atoms with Crippen LogP contribution in [0.4, 0.5) is 5.69 Å². The summed E-state index contributed by atoms with van der Waals surface area (Å²) in [6.45, 7) is -0.461. The molecule has 0 saturated heterocycles. The fourth-order valence-corrected chi connectivity index (χ4v) is 4.41. The van der Waals surface area contributed by atoms with Crippen molar-refractivity contribution < 1.29 is 27.5 Å². The first-order valence-electron chi connectivity index (χ1n) is 10.3. The maximum Gasteiger partial charge on any atom is 0.340 e. The van der Waals surface area contributed by atoms with Crippen LogP contribution in [0.2, 0.25) is 0 Å². The lowest BCUT2D eigenvalue weighted by Gasteiger charge is -2.22. The number of hydrogen-bond acceptors (Lipinski definition) is 6. The smallest absolute Gasteiger partial charge is 0.340 e. The van der Waals surface area contributed by atoms with Crippen LogP contribution in [0.15, 0.2) is 85.1 Å². The number of sulfonamides is 1. The molecule has 0 radical (unpaired) electrons. The molecule has 1 heterocycles. The molecule has 9 heteroatoms. The average Bonchev–Trinajstić information content (AvgIpc) is 3.22. The van der Waals surface area contributed by atoms with E-state index in [1.165, 1.54) is 17.9 Å². The topological polar surface area (TPSA) is 94.9 Å². The molecular formula is C25H22N2O6S. The summed E-state index contributed by atoms with van der Waals surface area (Å²) in [5.74, 6) is 0.0539. The van der Waals surface area contributed by atoms with E-state index in [9.17, 15) is 18.0 Å². The number of nitrogens with zero attached hydrogens (tertiary/aromatic N) is 2. The Morgan fingerprint density at radius 1 is 0.882 bits per heavy atom. The monoisotopic (exact) mass is 478 g/mol. The Kier molecular flexibility index (Phi) is 6.38. The van der Waals surface area contributed by atoms with Gasteiger partial charge in [-0.05, 0) is 42.5 Å². The summed E-state index contributed by atoms with van der Waals surface area (Å²) in [6, 6.07) is 22.4. The predicted octanol–water partition coefficient (Wildman–Crippen LogP) is 4.33. The van der Waals surface area contributed by atoms with Crippen molar-refractivity contribution in [1.29, 1.82) is 0 Å². The molecule has 0 aliphatic heterocycles. The first kappa shape index (κ1) is 23.1. The summed E-state index contributed by atoms with van der Waals surface area (Å²) in [4.78, 5) is 25.4. The molecule has 0 amide bonds. The minimum Gasteiger partial charge on any atom is -0.465 e. The highest BCUT2D eigenvalue weighted by Crippen LogP contribution is 2.27. The van der Waals surface area contributed by atoms with Crippen LogP contribution in [0.3, 0.4) is 0 Å². The van der Waals surface area contributed by atoms with Crippen molar-refractivity contribution in [3.05, 3.63) is 90.6 Å². The minimum absolute atomic E-state index is 0.222. The Hall–Kier alpha value is -4.11. The third-order valence-electron chi connectivity index (χ3n) is 5.17. The van der Waals surface area contributed by atoms with Gasteiger partial charge in [0.2, 0.25) is 10.0 Å². The number of hydrogen-bond donors (Lipinski definition) is 0. The van der Waals surface area contributed by atoms with E-state index in [1.807, 2.05) is 18.2 Å². The van der Waals surface area contributed by atoms with E-state index in [-0.39, 0.29) is 5.56 Å². The number of carbonyl (C=O) groups is 2. The van der Waals surface area contributed by atoms with Crippen molar-refractivity contribution in [2.75, 3.05) is 24.2 Å². The van der Waals surface area contributed by atoms with Crippen LogP contribution in [0.5, 0.6) is 11.5 Å². The summed E-state index contributed by atoms with van der Waals surface area (Å²) in [7, 11) is -2.54. The molecule has 0 saturated carbocycles. The molecule has 174 valence electrons. The zero-order valence-corrected chi connectivity index (χ0v) is 19.4. The second kappa shape index (κ2) is 9.40. The second-order valence-electron chi connectivity index (χ2n) is 7.49. The SMILES string of the molecule is COC(=O)c1cn(C(=O)CN(c2ccc(Oc3ccccc3)cc2)S(C)(=O)=O)c2ccccc12. The van der Waals surface area contributed by atoms with Crippen LogP contribution in [0, 0.1) is 0 Å². The summed E-state index contributed by atoms with van der Waals surface area (Å²) < 4.78 is 38.0. The standard InChI is InChI=1S/C25H22N2O6S/c1-32-25(29)22-16-26(23-11-7-6-10-21(22)23)24(28)17-27(34(2,30)31)18-12-14-20(15-13-18)33-19-8-4-3-5-9-19/h3-16H,17H2,1-2H3. The van der Waals surface area contributed by atoms with E-state index in [4.69, 9.17) is 9.47 Å². The van der Waals surface area contributed by atoms with E-state index < -0.39 is 28.4 Å². The summed E-state index contributed by atoms with van der Waals surface area (Å²) in [5, 5.41) is 0.538. The summed E-state index contributed by atoms with van der Waals surface area (Å²) in [5.41, 5.74) is 1.01. The molecule has 0 spiro atoms. The van der Waals surface area contributed by atoms with Gasteiger partial charge < -0.3 is 9.47 Å². The van der Waals surface area contributed by atoms with Gasteiger partial charge in [0.05, 0.1) is 30.1 Å². The van der Waals surface area contributed by atoms with Crippen molar-refractivity contribution in [1.82, 2.24) is 4.57 Å². The van der Waals surface area contributed by atoms with Gasteiger partial charge in [-0.2, -0.15) is 0 Å². The summed E-state index contributed by atoms with van der Waals surface area (Å²) in [6.07, 6.45) is 2.40. The number of para-hydroxylation sites is 2. The number of fused-ring (bicyclic) bond motifs is 1. The van der Waals surface area contributed by atoms with Gasteiger partial charge in [-0.1, -0.05) is 36.4 Å². The quantitative estimate of drug-likeness (QED) is 0.367. The van der Waals surface area contributed by atoms with Crippen LogP contribution < -0.4 is 9.04 Å². The van der Waals surface area contributed by atoms with Crippen molar-refractivity contribution >= 4 is 38.5 Å². The van der Waals surface area contributed by atoms with Crippen molar-refractivity contribution in [3.8, 4) is 11.5 Å². The molecule has 3 aromatic carbocycles. The Morgan fingerprint density at radius 2 is 1.50 bits per heavy atom. The molecule has 4 aromatic rings. The molecule has 8 nitrogen and oxygen atoms in total. The third-order valence-corrected chi connectivity index (χ3v) is 6.31. The average molecular weight is 479 g/mol. The molecule has 0 fully saturated rings. The van der Waals surface area contributed by atoms with E-state index in [0.717, 1.165) is 10.6 Å². The molecule has 0 unspecified atom stereocenters. The second-order valence-corrected chi connectivity index (χ2v) is 9.40.